The van der Waals surface area contributed by atoms with Crippen LogP contribution in [0.4, 0.5) is 14.5 Å². The minimum Gasteiger partial charge on any atom is -0.370 e. The molecule has 1 fully saturated rings. The summed E-state index contributed by atoms with van der Waals surface area (Å²) in [5.74, 6) is -0.0248. The predicted molar refractivity (Wildman–Crippen MR) is 131 cm³/mol. The molecule has 1 aliphatic rings. The molecule has 0 atom stereocenters. The predicted octanol–water partition coefficient (Wildman–Crippen LogP) is 4.75. The zero-order chi connectivity index (χ0) is 25.1. The molecule has 4 rings (SSSR count). The molecule has 0 radical (unpaired) electrons. The summed E-state index contributed by atoms with van der Waals surface area (Å²) in [7, 11) is 3.61. The molecule has 1 aliphatic carbocycles. The van der Waals surface area contributed by atoms with Crippen LogP contribution in [0.3, 0.4) is 0 Å². The number of aromatic nitrogens is 2. The molecular formula is C26H27F2N5O2. The van der Waals surface area contributed by atoms with Gasteiger partial charge in [0.05, 0.1) is 16.9 Å². The number of hydrogen-bond acceptors (Lipinski definition) is 6. The van der Waals surface area contributed by atoms with Gasteiger partial charge in [-0.2, -0.15) is 14.0 Å². The molecule has 1 saturated carbocycles. The minimum atomic E-state index is -2.98. The van der Waals surface area contributed by atoms with Crippen LogP contribution in [0.2, 0.25) is 0 Å². The highest BCUT2D eigenvalue weighted by atomic mass is 19.3. The summed E-state index contributed by atoms with van der Waals surface area (Å²) in [6.45, 7) is -1.05. The van der Waals surface area contributed by atoms with Crippen LogP contribution in [0.25, 0.3) is 11.0 Å². The zero-order valence-electron chi connectivity index (χ0n) is 19.9. The molecule has 2 heterocycles. The SMILES string of the molecule is Cc1ccccc1/C(=N\OC(F)F)C1CCC(N(C)c2cc(=O)n(C)c3ccc(C#N)nc23)CC1. The molecule has 1 aromatic carbocycles. The highest BCUT2D eigenvalue weighted by Gasteiger charge is 2.30. The van der Waals surface area contributed by atoms with E-state index in [0.717, 1.165) is 36.8 Å². The van der Waals surface area contributed by atoms with Crippen molar-refractivity contribution < 1.29 is 13.6 Å². The van der Waals surface area contributed by atoms with Gasteiger partial charge in [0.1, 0.15) is 17.3 Å². The van der Waals surface area contributed by atoms with E-state index in [2.05, 4.69) is 21.0 Å². The number of nitriles is 1. The van der Waals surface area contributed by atoms with Crippen molar-refractivity contribution in [1.29, 1.82) is 5.26 Å². The lowest BCUT2D eigenvalue weighted by atomic mass is 9.80. The molecule has 3 aromatic rings. The smallest absolute Gasteiger partial charge is 0.370 e. The quantitative estimate of drug-likeness (QED) is 0.376. The zero-order valence-corrected chi connectivity index (χ0v) is 19.9. The maximum absolute atomic E-state index is 12.8. The number of hydrogen-bond donors (Lipinski definition) is 0. The second-order valence-electron chi connectivity index (χ2n) is 8.88. The van der Waals surface area contributed by atoms with Crippen LogP contribution in [0.5, 0.6) is 0 Å². The summed E-state index contributed by atoms with van der Waals surface area (Å²) in [6, 6.07) is 14.6. The molecule has 0 amide bonds. The van der Waals surface area contributed by atoms with E-state index < -0.39 is 6.61 Å². The van der Waals surface area contributed by atoms with Crippen molar-refractivity contribution >= 4 is 22.4 Å². The average molecular weight is 480 g/mol. The molecular weight excluding hydrogens is 452 g/mol. The van der Waals surface area contributed by atoms with Crippen molar-refractivity contribution in [3.05, 3.63) is 69.6 Å². The molecule has 0 saturated heterocycles. The highest BCUT2D eigenvalue weighted by molar-refractivity contribution is 6.03. The van der Waals surface area contributed by atoms with Gasteiger partial charge in [-0.15, -0.1) is 0 Å². The van der Waals surface area contributed by atoms with Crippen molar-refractivity contribution in [3.8, 4) is 6.07 Å². The third-order valence-electron chi connectivity index (χ3n) is 6.85. The van der Waals surface area contributed by atoms with E-state index in [-0.39, 0.29) is 23.2 Å². The fourth-order valence-electron chi connectivity index (χ4n) is 4.88. The Bertz CT molecular complexity index is 1350. The van der Waals surface area contributed by atoms with Crippen LogP contribution < -0.4 is 10.5 Å². The summed E-state index contributed by atoms with van der Waals surface area (Å²) in [5, 5.41) is 13.2. The lowest BCUT2D eigenvalue weighted by molar-refractivity contribution is -0.128. The number of alkyl halides is 2. The Hall–Kier alpha value is -3.80. The molecule has 7 nitrogen and oxygen atoms in total. The molecule has 0 N–H and O–H groups in total. The maximum atomic E-state index is 12.8. The van der Waals surface area contributed by atoms with Gasteiger partial charge in [0, 0.05) is 37.7 Å². The lowest BCUT2D eigenvalue weighted by Gasteiger charge is -2.36. The summed E-state index contributed by atoms with van der Waals surface area (Å²) in [6.07, 6.45) is 3.01. The largest absolute Gasteiger partial charge is 0.407 e. The van der Waals surface area contributed by atoms with Crippen LogP contribution >= 0.6 is 0 Å². The monoisotopic (exact) mass is 479 g/mol. The van der Waals surface area contributed by atoms with Gasteiger partial charge in [-0.25, -0.2) is 4.98 Å². The van der Waals surface area contributed by atoms with Crippen LogP contribution in [-0.4, -0.2) is 35.0 Å². The van der Waals surface area contributed by atoms with Crippen molar-refractivity contribution in [2.24, 2.45) is 18.1 Å². The lowest BCUT2D eigenvalue weighted by Crippen LogP contribution is -2.38. The fourth-order valence-corrected chi connectivity index (χ4v) is 4.88. The normalized spacial score (nSPS) is 18.5. The summed E-state index contributed by atoms with van der Waals surface area (Å²) in [5.41, 5.74) is 4.38. The Kier molecular flexibility index (Phi) is 7.10. The van der Waals surface area contributed by atoms with Crippen LogP contribution in [0.1, 0.15) is 42.5 Å². The maximum Gasteiger partial charge on any atom is 0.407 e. The minimum absolute atomic E-state index is 0.0248. The van der Waals surface area contributed by atoms with Gasteiger partial charge in [0.2, 0.25) is 0 Å². The van der Waals surface area contributed by atoms with E-state index in [9.17, 15) is 18.8 Å². The number of pyridine rings is 2. The summed E-state index contributed by atoms with van der Waals surface area (Å²) >= 11 is 0. The van der Waals surface area contributed by atoms with Crippen LogP contribution in [0.15, 0.2) is 52.4 Å². The van der Waals surface area contributed by atoms with Gasteiger partial charge in [-0.1, -0.05) is 29.4 Å². The Labute approximate surface area is 202 Å². The average Bonchev–Trinajstić information content (AvgIpc) is 2.86. The first-order chi connectivity index (χ1) is 16.8. The standard InChI is InChI=1S/C26H27F2N5O2/c1-16-6-4-5-7-20(16)24(31-35-26(27)28)17-8-11-19(12-9-17)32(2)22-14-23(34)33(3)21-13-10-18(15-29)30-25(21)22/h4-7,10,13-14,17,19,26H,8-9,11-12H2,1-3H3/b31-24-. The number of anilines is 1. The summed E-state index contributed by atoms with van der Waals surface area (Å²) in [4.78, 5) is 23.5. The molecule has 9 heteroatoms. The van der Waals surface area contributed by atoms with Gasteiger partial charge in [-0.3, -0.25) is 4.79 Å². The second-order valence-corrected chi connectivity index (χ2v) is 8.88. The van der Waals surface area contributed by atoms with E-state index in [1.807, 2.05) is 43.1 Å². The second kappa shape index (κ2) is 10.2. The topological polar surface area (TPSA) is 83.5 Å². The first-order valence-corrected chi connectivity index (χ1v) is 11.5. The third-order valence-corrected chi connectivity index (χ3v) is 6.85. The summed E-state index contributed by atoms with van der Waals surface area (Å²) < 4.78 is 27.1. The fraction of sp³-hybridized carbons (Fsp3) is 0.385. The number of rotatable bonds is 6. The number of aryl methyl sites for hydroxylation is 2. The van der Waals surface area contributed by atoms with E-state index in [0.29, 0.717) is 22.4 Å². The first kappa shape index (κ1) is 24.3. The van der Waals surface area contributed by atoms with E-state index in [1.54, 1.807) is 25.2 Å². The van der Waals surface area contributed by atoms with Crippen LogP contribution in [-0.2, 0) is 11.9 Å². The van der Waals surface area contributed by atoms with E-state index in [1.165, 1.54) is 4.57 Å². The highest BCUT2D eigenvalue weighted by Crippen LogP contribution is 2.34. The van der Waals surface area contributed by atoms with Crippen molar-refractivity contribution in [2.75, 3.05) is 11.9 Å². The van der Waals surface area contributed by atoms with Gasteiger partial charge in [0.15, 0.2) is 0 Å². The number of halogens is 2. The molecule has 0 unspecified atom stereocenters. The Morgan fingerprint density at radius 1 is 1.23 bits per heavy atom. The van der Waals surface area contributed by atoms with Crippen LogP contribution in [0, 0.1) is 24.2 Å². The number of nitrogens with zero attached hydrogens (tertiary/aromatic N) is 5. The van der Waals surface area contributed by atoms with Crippen molar-refractivity contribution in [2.45, 2.75) is 45.3 Å². The molecule has 0 aliphatic heterocycles. The Morgan fingerprint density at radius 2 is 1.94 bits per heavy atom. The number of benzene rings is 1. The Morgan fingerprint density at radius 3 is 2.60 bits per heavy atom. The van der Waals surface area contributed by atoms with Gasteiger partial charge >= 0.3 is 6.61 Å². The molecule has 2 aromatic heterocycles. The van der Waals surface area contributed by atoms with Gasteiger partial charge < -0.3 is 14.3 Å². The third kappa shape index (κ3) is 5.02. The molecule has 182 valence electrons. The Balaban J connectivity index is 1.60. The number of fused-ring (bicyclic) bond motifs is 1. The van der Waals surface area contributed by atoms with Crippen molar-refractivity contribution in [3.63, 3.8) is 0 Å². The van der Waals surface area contributed by atoms with Gasteiger partial charge in [0.25, 0.3) is 5.56 Å². The number of oxime groups is 1. The molecule has 0 spiro atoms. The van der Waals surface area contributed by atoms with E-state index >= 15 is 0 Å². The molecule has 35 heavy (non-hydrogen) atoms. The molecule has 0 bridgehead atoms. The first-order valence-electron chi connectivity index (χ1n) is 11.5. The van der Waals surface area contributed by atoms with E-state index in [4.69, 9.17) is 0 Å². The van der Waals surface area contributed by atoms with Gasteiger partial charge in [-0.05, 0) is 50.3 Å². The van der Waals surface area contributed by atoms with Crippen molar-refractivity contribution in [1.82, 2.24) is 9.55 Å².